The van der Waals surface area contributed by atoms with Gasteiger partial charge in [-0.3, -0.25) is 0 Å². The molecule has 0 N–H and O–H groups in total. The van der Waals surface area contributed by atoms with E-state index in [0.717, 1.165) is 12.8 Å². The van der Waals surface area contributed by atoms with Crippen LogP contribution in [0.15, 0.2) is 12.3 Å². The summed E-state index contributed by atoms with van der Waals surface area (Å²) in [5.74, 6) is 0.159. The highest BCUT2D eigenvalue weighted by Crippen LogP contribution is 2.17. The van der Waals surface area contributed by atoms with Crippen molar-refractivity contribution in [3.05, 3.63) is 23.1 Å². The first kappa shape index (κ1) is 12.2. The first-order valence-electron chi connectivity index (χ1n) is 5.03. The lowest BCUT2D eigenvalue weighted by atomic mass is 10.1. The van der Waals surface area contributed by atoms with Crippen LogP contribution in [0.1, 0.15) is 26.7 Å². The fourth-order valence-electron chi connectivity index (χ4n) is 1.17. The maximum atomic E-state index is 13.2. The van der Waals surface area contributed by atoms with Crippen LogP contribution in [0, 0.1) is 11.7 Å². The Labute approximate surface area is 94.4 Å². The largest absolute Gasteiger partial charge is 0.476 e. The van der Waals surface area contributed by atoms with Gasteiger partial charge in [0.05, 0.1) is 11.6 Å². The molecule has 1 aromatic heterocycles. The molecule has 0 aromatic carbocycles. The van der Waals surface area contributed by atoms with Crippen LogP contribution in [-0.2, 0) is 0 Å². The van der Waals surface area contributed by atoms with Gasteiger partial charge in [0.15, 0.2) is 5.82 Å². The molecule has 1 rings (SSSR count). The number of nitrogens with zero attached hydrogens (tertiary/aromatic N) is 1. The van der Waals surface area contributed by atoms with Gasteiger partial charge in [0.2, 0.25) is 5.88 Å². The van der Waals surface area contributed by atoms with Crippen molar-refractivity contribution in [2.24, 2.45) is 5.92 Å². The van der Waals surface area contributed by atoms with Crippen molar-refractivity contribution in [2.45, 2.75) is 26.7 Å². The molecule has 0 radical (unpaired) electrons. The average molecular weight is 232 g/mol. The maximum absolute atomic E-state index is 13.2. The molecule has 0 aliphatic heterocycles. The second-order valence-corrected chi connectivity index (χ2v) is 4.26. The molecule has 1 heterocycles. The van der Waals surface area contributed by atoms with Crippen molar-refractivity contribution in [1.82, 2.24) is 4.98 Å². The van der Waals surface area contributed by atoms with Crippen molar-refractivity contribution in [2.75, 3.05) is 6.61 Å². The Kier molecular flexibility index (Phi) is 4.82. The molecule has 15 heavy (non-hydrogen) atoms. The Morgan fingerprint density at radius 2 is 2.27 bits per heavy atom. The minimum atomic E-state index is -0.507. The second kappa shape index (κ2) is 5.91. The highest BCUT2D eigenvalue weighted by molar-refractivity contribution is 6.30. The molecule has 0 saturated carbocycles. The zero-order chi connectivity index (χ0) is 11.3. The van der Waals surface area contributed by atoms with E-state index in [0.29, 0.717) is 12.5 Å². The smallest absolute Gasteiger partial charge is 0.250 e. The number of ether oxygens (including phenoxy) is 1. The van der Waals surface area contributed by atoms with Crippen LogP contribution < -0.4 is 4.74 Å². The molecule has 0 amide bonds. The predicted octanol–water partition coefficient (Wildman–Crippen LogP) is 3.69. The van der Waals surface area contributed by atoms with Gasteiger partial charge in [-0.25, -0.2) is 9.37 Å². The molecule has 0 saturated heterocycles. The van der Waals surface area contributed by atoms with E-state index in [-0.39, 0.29) is 10.9 Å². The molecule has 1 aromatic rings. The lowest BCUT2D eigenvalue weighted by Gasteiger charge is -2.07. The summed E-state index contributed by atoms with van der Waals surface area (Å²) in [6, 6.07) is 1.20. The highest BCUT2D eigenvalue weighted by atomic mass is 35.5. The third kappa shape index (κ3) is 4.47. The van der Waals surface area contributed by atoms with Crippen LogP contribution in [-0.4, -0.2) is 11.6 Å². The predicted molar refractivity (Wildman–Crippen MR) is 58.8 cm³/mol. The van der Waals surface area contributed by atoms with Gasteiger partial charge in [-0.05, 0) is 24.8 Å². The van der Waals surface area contributed by atoms with E-state index in [1.54, 1.807) is 0 Å². The quantitative estimate of drug-likeness (QED) is 0.721. The van der Waals surface area contributed by atoms with Gasteiger partial charge < -0.3 is 4.74 Å². The Balaban J connectivity index is 2.37. The molecule has 4 heteroatoms. The molecule has 0 fully saturated rings. The second-order valence-electron chi connectivity index (χ2n) is 3.83. The van der Waals surface area contributed by atoms with E-state index in [9.17, 15) is 4.39 Å². The minimum absolute atomic E-state index is 0.0307. The van der Waals surface area contributed by atoms with Crippen molar-refractivity contribution in [3.63, 3.8) is 0 Å². The van der Waals surface area contributed by atoms with Crippen molar-refractivity contribution >= 4 is 11.6 Å². The van der Waals surface area contributed by atoms with Crippen LogP contribution in [0.4, 0.5) is 4.39 Å². The zero-order valence-electron chi connectivity index (χ0n) is 8.96. The first-order chi connectivity index (χ1) is 7.09. The Morgan fingerprint density at radius 1 is 1.53 bits per heavy atom. The molecule has 2 nitrogen and oxygen atoms in total. The SMILES string of the molecule is CC(C)CCCOc1ncc(Cl)cc1F. The molecule has 0 unspecified atom stereocenters. The van der Waals surface area contributed by atoms with Crippen LogP contribution in [0.2, 0.25) is 5.02 Å². The van der Waals surface area contributed by atoms with Gasteiger partial charge in [0, 0.05) is 6.20 Å². The minimum Gasteiger partial charge on any atom is -0.476 e. The zero-order valence-corrected chi connectivity index (χ0v) is 9.72. The maximum Gasteiger partial charge on any atom is 0.250 e. The van der Waals surface area contributed by atoms with E-state index in [2.05, 4.69) is 18.8 Å². The lowest BCUT2D eigenvalue weighted by molar-refractivity contribution is 0.273. The van der Waals surface area contributed by atoms with E-state index >= 15 is 0 Å². The molecule has 0 spiro atoms. The first-order valence-corrected chi connectivity index (χ1v) is 5.41. The number of pyridine rings is 1. The van der Waals surface area contributed by atoms with Crippen LogP contribution in [0.5, 0.6) is 5.88 Å². The average Bonchev–Trinajstić information content (AvgIpc) is 2.14. The van der Waals surface area contributed by atoms with Crippen molar-refractivity contribution in [3.8, 4) is 5.88 Å². The standard InChI is InChI=1S/C11H15ClFNO/c1-8(2)4-3-5-15-11-10(13)6-9(12)7-14-11/h6-8H,3-5H2,1-2H3. The van der Waals surface area contributed by atoms with Gasteiger partial charge in [-0.2, -0.15) is 0 Å². The summed E-state index contributed by atoms with van der Waals surface area (Å²) in [6.07, 6.45) is 3.35. The molecule has 0 bridgehead atoms. The number of hydrogen-bond donors (Lipinski definition) is 0. The molecule has 0 atom stereocenters. The van der Waals surface area contributed by atoms with Crippen molar-refractivity contribution in [1.29, 1.82) is 0 Å². The van der Waals surface area contributed by atoms with E-state index in [4.69, 9.17) is 16.3 Å². The van der Waals surface area contributed by atoms with Crippen LogP contribution in [0.25, 0.3) is 0 Å². The van der Waals surface area contributed by atoms with Gasteiger partial charge in [0.1, 0.15) is 0 Å². The molecule has 0 aliphatic rings. The normalized spacial score (nSPS) is 10.7. The van der Waals surface area contributed by atoms with Gasteiger partial charge in [0.25, 0.3) is 0 Å². The van der Waals surface area contributed by atoms with Gasteiger partial charge in [-0.1, -0.05) is 25.4 Å². The van der Waals surface area contributed by atoms with E-state index < -0.39 is 5.82 Å². The van der Waals surface area contributed by atoms with E-state index in [1.165, 1.54) is 12.3 Å². The summed E-state index contributed by atoms with van der Waals surface area (Å²) in [7, 11) is 0. The molecular weight excluding hydrogens is 217 g/mol. The van der Waals surface area contributed by atoms with Crippen molar-refractivity contribution < 1.29 is 9.13 Å². The number of halogens is 2. The molecule has 0 aliphatic carbocycles. The monoisotopic (exact) mass is 231 g/mol. The summed E-state index contributed by atoms with van der Waals surface area (Å²) in [4.78, 5) is 3.77. The summed E-state index contributed by atoms with van der Waals surface area (Å²) < 4.78 is 18.4. The van der Waals surface area contributed by atoms with Crippen LogP contribution >= 0.6 is 11.6 Å². The van der Waals surface area contributed by atoms with Gasteiger partial charge in [-0.15, -0.1) is 0 Å². The summed E-state index contributed by atoms with van der Waals surface area (Å²) in [5, 5.41) is 0.280. The Bertz CT molecular complexity index is 317. The Hall–Kier alpha value is -0.830. The number of hydrogen-bond acceptors (Lipinski definition) is 2. The Morgan fingerprint density at radius 3 is 2.87 bits per heavy atom. The summed E-state index contributed by atoms with van der Waals surface area (Å²) >= 11 is 5.56. The van der Waals surface area contributed by atoms with Crippen LogP contribution in [0.3, 0.4) is 0 Å². The topological polar surface area (TPSA) is 22.1 Å². The molecular formula is C11H15ClFNO. The van der Waals surface area contributed by atoms with E-state index in [1.807, 2.05) is 0 Å². The third-order valence-electron chi connectivity index (χ3n) is 1.94. The molecule has 84 valence electrons. The highest BCUT2D eigenvalue weighted by Gasteiger charge is 2.05. The number of aromatic nitrogens is 1. The fraction of sp³-hybridized carbons (Fsp3) is 0.545. The number of rotatable bonds is 5. The third-order valence-corrected chi connectivity index (χ3v) is 2.15. The van der Waals surface area contributed by atoms with Gasteiger partial charge >= 0.3 is 0 Å². The summed E-state index contributed by atoms with van der Waals surface area (Å²) in [6.45, 7) is 4.77. The lowest BCUT2D eigenvalue weighted by Crippen LogP contribution is -2.02. The summed E-state index contributed by atoms with van der Waals surface area (Å²) in [5.41, 5.74) is 0. The fourth-order valence-corrected chi connectivity index (χ4v) is 1.31.